The van der Waals surface area contributed by atoms with Gasteiger partial charge >= 0.3 is 0 Å². The molecule has 0 radical (unpaired) electrons. The van der Waals surface area contributed by atoms with Gasteiger partial charge in [0, 0.05) is 13.1 Å². The lowest BCUT2D eigenvalue weighted by Gasteiger charge is -2.38. The van der Waals surface area contributed by atoms with Crippen molar-refractivity contribution >= 4 is 10.0 Å². The first-order valence-corrected chi connectivity index (χ1v) is 8.51. The Bertz CT molecular complexity index is 400. The number of sulfonamides is 1. The molecule has 0 aromatic carbocycles. The maximum Gasteiger partial charge on any atom is 0.214 e. The minimum Gasteiger partial charge on any atom is -0.369 e. The van der Waals surface area contributed by atoms with Gasteiger partial charge in [0.1, 0.15) is 0 Å². The molecule has 0 amide bonds. The fraction of sp³-hybridized carbons (Fsp3) is 1.00. The summed E-state index contributed by atoms with van der Waals surface area (Å²) in [6, 6.07) is 0. The van der Waals surface area contributed by atoms with E-state index in [9.17, 15) is 8.42 Å². The summed E-state index contributed by atoms with van der Waals surface area (Å²) in [5, 5.41) is 3.20. The molecular weight excluding hydrogens is 252 g/mol. The minimum absolute atomic E-state index is 0.0199. The van der Waals surface area contributed by atoms with Crippen LogP contribution in [0.4, 0.5) is 0 Å². The molecule has 3 aliphatic rings. The van der Waals surface area contributed by atoms with Crippen LogP contribution >= 0.6 is 0 Å². The van der Waals surface area contributed by atoms with Crippen molar-refractivity contribution in [2.24, 2.45) is 0 Å². The number of hydrogen-bond acceptors (Lipinski definition) is 4. The zero-order chi connectivity index (χ0) is 12.6. The van der Waals surface area contributed by atoms with E-state index in [1.807, 2.05) is 0 Å². The zero-order valence-corrected chi connectivity index (χ0v) is 11.5. The van der Waals surface area contributed by atoms with Gasteiger partial charge in [-0.1, -0.05) is 0 Å². The average molecular weight is 274 g/mol. The molecule has 0 aromatic heterocycles. The van der Waals surface area contributed by atoms with Gasteiger partial charge in [-0.3, -0.25) is 0 Å². The van der Waals surface area contributed by atoms with E-state index in [1.165, 1.54) is 0 Å². The molecule has 2 heterocycles. The van der Waals surface area contributed by atoms with Gasteiger partial charge in [-0.15, -0.1) is 0 Å². The van der Waals surface area contributed by atoms with Gasteiger partial charge in [0.25, 0.3) is 0 Å². The molecule has 104 valence electrons. The molecule has 2 aliphatic heterocycles. The Morgan fingerprint density at radius 1 is 1.28 bits per heavy atom. The Morgan fingerprint density at radius 3 is 2.78 bits per heavy atom. The monoisotopic (exact) mass is 274 g/mol. The second-order valence-corrected chi connectivity index (χ2v) is 7.88. The lowest BCUT2D eigenvalue weighted by atomic mass is 9.91. The van der Waals surface area contributed by atoms with Crippen LogP contribution in [0.2, 0.25) is 0 Å². The molecular formula is C12H22N2O3S. The lowest BCUT2D eigenvalue weighted by molar-refractivity contribution is -0.113. The molecule has 1 spiro atoms. The Morgan fingerprint density at radius 2 is 2.11 bits per heavy atom. The van der Waals surface area contributed by atoms with Crippen molar-refractivity contribution in [2.75, 3.05) is 19.6 Å². The third-order valence-electron chi connectivity index (χ3n) is 4.26. The van der Waals surface area contributed by atoms with Crippen molar-refractivity contribution in [2.45, 2.75) is 55.5 Å². The molecule has 2 atom stereocenters. The number of rotatable bonds is 4. The fourth-order valence-corrected chi connectivity index (χ4v) is 4.42. The van der Waals surface area contributed by atoms with Gasteiger partial charge in [-0.05, 0) is 45.1 Å². The summed E-state index contributed by atoms with van der Waals surface area (Å²) in [4.78, 5) is 0. The number of ether oxygens (including phenoxy) is 1. The summed E-state index contributed by atoms with van der Waals surface area (Å²) in [6.45, 7) is 2.37. The second kappa shape index (κ2) is 4.74. The summed E-state index contributed by atoms with van der Waals surface area (Å²) >= 11 is 0. The average Bonchev–Trinajstić information content (AvgIpc) is 3.12. The van der Waals surface area contributed by atoms with Crippen molar-refractivity contribution in [3.05, 3.63) is 0 Å². The molecule has 2 N–H and O–H groups in total. The van der Waals surface area contributed by atoms with Gasteiger partial charge in [0.05, 0.1) is 17.0 Å². The van der Waals surface area contributed by atoms with Gasteiger partial charge in [-0.2, -0.15) is 0 Å². The van der Waals surface area contributed by atoms with E-state index in [-0.39, 0.29) is 17.0 Å². The number of hydrogen-bond donors (Lipinski definition) is 2. The molecule has 18 heavy (non-hydrogen) atoms. The molecule has 3 fully saturated rings. The minimum atomic E-state index is -3.07. The molecule has 3 rings (SSSR count). The van der Waals surface area contributed by atoms with E-state index in [4.69, 9.17) is 4.74 Å². The molecule has 5 nitrogen and oxygen atoms in total. The Balaban J connectivity index is 1.53. The van der Waals surface area contributed by atoms with Crippen molar-refractivity contribution in [1.82, 2.24) is 10.0 Å². The van der Waals surface area contributed by atoms with Crippen LogP contribution in [-0.2, 0) is 14.8 Å². The fourth-order valence-electron chi connectivity index (χ4n) is 3.01. The van der Waals surface area contributed by atoms with Crippen LogP contribution in [0.25, 0.3) is 0 Å². The van der Waals surface area contributed by atoms with Crippen LogP contribution in [0.15, 0.2) is 0 Å². The van der Waals surface area contributed by atoms with Gasteiger partial charge in [0.15, 0.2) is 0 Å². The zero-order valence-electron chi connectivity index (χ0n) is 10.7. The summed E-state index contributed by atoms with van der Waals surface area (Å²) in [7, 11) is -3.07. The largest absolute Gasteiger partial charge is 0.369 e. The number of nitrogens with one attached hydrogen (secondary N) is 2. The van der Waals surface area contributed by atoms with Crippen molar-refractivity contribution in [3.8, 4) is 0 Å². The van der Waals surface area contributed by atoms with Crippen molar-refractivity contribution in [3.63, 3.8) is 0 Å². The lowest BCUT2D eigenvalue weighted by Crippen LogP contribution is -2.46. The van der Waals surface area contributed by atoms with E-state index >= 15 is 0 Å². The van der Waals surface area contributed by atoms with Crippen molar-refractivity contribution < 1.29 is 13.2 Å². The molecule has 0 unspecified atom stereocenters. The highest BCUT2D eigenvalue weighted by molar-refractivity contribution is 7.90. The molecule has 6 heteroatoms. The first kappa shape index (κ1) is 12.8. The molecule has 1 aliphatic carbocycles. The van der Waals surface area contributed by atoms with Gasteiger partial charge in [-0.25, -0.2) is 13.1 Å². The third-order valence-corrected chi connectivity index (χ3v) is 6.17. The first-order chi connectivity index (χ1) is 8.60. The van der Waals surface area contributed by atoms with Crippen LogP contribution in [0, 0.1) is 0 Å². The quantitative estimate of drug-likeness (QED) is 0.777. The van der Waals surface area contributed by atoms with Gasteiger partial charge < -0.3 is 10.1 Å². The summed E-state index contributed by atoms with van der Waals surface area (Å²) in [5.74, 6) is 0. The normalized spacial score (nSPS) is 37.2. The van der Waals surface area contributed by atoms with E-state index in [0.29, 0.717) is 6.54 Å². The Hall–Kier alpha value is -0.170. The predicted octanol–water partition coefficient (Wildman–Crippen LogP) is 0.369. The van der Waals surface area contributed by atoms with Crippen LogP contribution in [0.1, 0.15) is 38.5 Å². The maximum absolute atomic E-state index is 11.8. The molecule has 2 saturated heterocycles. The van der Waals surface area contributed by atoms with Crippen LogP contribution in [-0.4, -0.2) is 45.0 Å². The van der Waals surface area contributed by atoms with E-state index in [2.05, 4.69) is 10.0 Å². The van der Waals surface area contributed by atoms with Crippen LogP contribution in [0.5, 0.6) is 0 Å². The third kappa shape index (κ3) is 2.71. The Kier molecular flexibility index (Phi) is 3.38. The standard InChI is InChI=1S/C12H22N2O3S/c15-18(16,11-3-4-11)14-8-10-2-1-5-12(17-10)6-7-13-9-12/h10-11,13-14H,1-9H2/t10-,12+/m0/s1. The second-order valence-electron chi connectivity index (χ2n) is 5.83. The van der Waals surface area contributed by atoms with Crippen molar-refractivity contribution in [1.29, 1.82) is 0 Å². The SMILES string of the molecule is O=S(=O)(NC[C@@H]1CCC[C@]2(CCNC2)O1)C1CC1. The topological polar surface area (TPSA) is 67.4 Å². The highest BCUT2D eigenvalue weighted by atomic mass is 32.2. The Labute approximate surface area is 109 Å². The molecule has 1 saturated carbocycles. The van der Waals surface area contributed by atoms with Crippen LogP contribution in [0.3, 0.4) is 0 Å². The smallest absolute Gasteiger partial charge is 0.214 e. The molecule has 0 aromatic rings. The van der Waals surface area contributed by atoms with E-state index in [1.54, 1.807) is 0 Å². The van der Waals surface area contributed by atoms with E-state index in [0.717, 1.165) is 51.6 Å². The highest BCUT2D eigenvalue weighted by Gasteiger charge is 2.41. The molecule has 0 bridgehead atoms. The summed E-state index contributed by atoms with van der Waals surface area (Å²) in [6.07, 6.45) is 5.94. The summed E-state index contributed by atoms with van der Waals surface area (Å²) < 4.78 is 32.4. The van der Waals surface area contributed by atoms with Crippen LogP contribution < -0.4 is 10.0 Å². The highest BCUT2D eigenvalue weighted by Crippen LogP contribution is 2.33. The maximum atomic E-state index is 11.8. The van der Waals surface area contributed by atoms with Gasteiger partial charge in [0.2, 0.25) is 10.0 Å². The predicted molar refractivity (Wildman–Crippen MR) is 68.9 cm³/mol. The van der Waals surface area contributed by atoms with E-state index < -0.39 is 10.0 Å². The first-order valence-electron chi connectivity index (χ1n) is 6.97. The summed E-state index contributed by atoms with van der Waals surface area (Å²) in [5.41, 5.74) is -0.0199.